The van der Waals surface area contributed by atoms with Crippen LogP contribution in [-0.4, -0.2) is 65.2 Å². The van der Waals surface area contributed by atoms with Gasteiger partial charge in [0.1, 0.15) is 0 Å². The number of nitrogens with zero attached hydrogens (tertiary/aromatic N) is 4. The maximum Gasteiger partial charge on any atom is 0.241 e. The van der Waals surface area contributed by atoms with Crippen LogP contribution in [0.1, 0.15) is 18.7 Å². The quantitative estimate of drug-likeness (QED) is 0.827. The van der Waals surface area contributed by atoms with E-state index in [-0.39, 0.29) is 5.92 Å². The van der Waals surface area contributed by atoms with Crippen molar-refractivity contribution in [2.45, 2.75) is 19.4 Å². The number of aromatic nitrogens is 2. The molecule has 2 saturated heterocycles. The highest BCUT2D eigenvalue weighted by Gasteiger charge is 2.29. The Morgan fingerprint density at radius 2 is 2.04 bits per heavy atom. The second-order valence-electron chi connectivity index (χ2n) is 6.48. The highest BCUT2D eigenvalue weighted by atomic mass is 32.1. The van der Waals surface area contributed by atoms with Gasteiger partial charge in [-0.3, -0.25) is 9.69 Å². The summed E-state index contributed by atoms with van der Waals surface area (Å²) in [6.07, 6.45) is 1.71. The van der Waals surface area contributed by atoms with E-state index in [0.29, 0.717) is 37.4 Å². The van der Waals surface area contributed by atoms with Crippen molar-refractivity contribution in [3.63, 3.8) is 0 Å². The van der Waals surface area contributed by atoms with Gasteiger partial charge in [0, 0.05) is 45.3 Å². The number of rotatable bonds is 4. The lowest BCUT2D eigenvalue weighted by molar-refractivity contribution is -0.140. The molecule has 0 saturated carbocycles. The summed E-state index contributed by atoms with van der Waals surface area (Å²) in [5, 5.41) is 6.05. The molecule has 0 aromatic carbocycles. The standard InChI is InChI=1S/C17H22N4O3S/c22-17(13-3-9-23-10-4-13)21-7-5-20(6-8-21)12-15-18-16(19-24-15)14-2-1-11-25-14/h1-2,11,13H,3-10,12H2. The average molecular weight is 362 g/mol. The highest BCUT2D eigenvalue weighted by molar-refractivity contribution is 7.13. The Balaban J connectivity index is 1.28. The molecule has 0 N–H and O–H groups in total. The van der Waals surface area contributed by atoms with E-state index >= 15 is 0 Å². The Labute approximate surface area is 150 Å². The molecule has 25 heavy (non-hydrogen) atoms. The molecule has 0 radical (unpaired) electrons. The van der Waals surface area contributed by atoms with Gasteiger partial charge in [-0.25, -0.2) is 0 Å². The van der Waals surface area contributed by atoms with Crippen LogP contribution in [0.3, 0.4) is 0 Å². The predicted molar refractivity (Wildman–Crippen MR) is 93.0 cm³/mol. The zero-order valence-corrected chi connectivity index (χ0v) is 14.9. The van der Waals surface area contributed by atoms with E-state index in [1.165, 1.54) is 0 Å². The molecule has 4 heterocycles. The van der Waals surface area contributed by atoms with Crippen LogP contribution in [0.4, 0.5) is 0 Å². The summed E-state index contributed by atoms with van der Waals surface area (Å²) in [6, 6.07) is 3.96. The summed E-state index contributed by atoms with van der Waals surface area (Å²) >= 11 is 1.60. The topological polar surface area (TPSA) is 71.7 Å². The zero-order valence-electron chi connectivity index (χ0n) is 14.1. The Morgan fingerprint density at radius 1 is 1.24 bits per heavy atom. The van der Waals surface area contributed by atoms with Crippen molar-refractivity contribution in [1.29, 1.82) is 0 Å². The van der Waals surface area contributed by atoms with Crippen LogP contribution in [0, 0.1) is 5.92 Å². The van der Waals surface area contributed by atoms with E-state index in [1.54, 1.807) is 11.3 Å². The fraction of sp³-hybridized carbons (Fsp3) is 0.588. The van der Waals surface area contributed by atoms with Crippen molar-refractivity contribution in [3.05, 3.63) is 23.4 Å². The first-order valence-electron chi connectivity index (χ1n) is 8.75. The van der Waals surface area contributed by atoms with Crippen molar-refractivity contribution < 1.29 is 14.1 Å². The molecule has 134 valence electrons. The summed E-state index contributed by atoms with van der Waals surface area (Å²) in [4.78, 5) is 22.3. The molecule has 2 fully saturated rings. The van der Waals surface area contributed by atoms with Crippen LogP contribution in [0.2, 0.25) is 0 Å². The second-order valence-corrected chi connectivity index (χ2v) is 7.42. The van der Waals surface area contributed by atoms with Gasteiger partial charge in [0.25, 0.3) is 0 Å². The smallest absolute Gasteiger partial charge is 0.241 e. The third-order valence-corrected chi connectivity index (χ3v) is 5.69. The first kappa shape index (κ1) is 16.7. The van der Waals surface area contributed by atoms with Gasteiger partial charge in [-0.05, 0) is 24.3 Å². The number of ether oxygens (including phenoxy) is 1. The summed E-state index contributed by atoms with van der Waals surface area (Å²) in [5.74, 6) is 1.72. The maximum atomic E-state index is 12.6. The van der Waals surface area contributed by atoms with Crippen molar-refractivity contribution in [2.75, 3.05) is 39.4 Å². The molecular weight excluding hydrogens is 340 g/mol. The van der Waals surface area contributed by atoms with Gasteiger partial charge in [0.2, 0.25) is 17.6 Å². The van der Waals surface area contributed by atoms with Gasteiger partial charge in [-0.15, -0.1) is 11.3 Å². The summed E-state index contributed by atoms with van der Waals surface area (Å²) in [7, 11) is 0. The molecule has 0 unspecified atom stereocenters. The Kier molecular flexibility index (Phi) is 5.09. The minimum atomic E-state index is 0.143. The van der Waals surface area contributed by atoms with Crippen LogP contribution in [0.15, 0.2) is 22.0 Å². The zero-order chi connectivity index (χ0) is 17.1. The van der Waals surface area contributed by atoms with Crippen LogP contribution in [0.25, 0.3) is 10.7 Å². The van der Waals surface area contributed by atoms with E-state index in [2.05, 4.69) is 15.0 Å². The van der Waals surface area contributed by atoms with Crippen molar-refractivity contribution in [1.82, 2.24) is 19.9 Å². The molecule has 0 spiro atoms. The number of amides is 1. The van der Waals surface area contributed by atoms with E-state index in [1.807, 2.05) is 22.4 Å². The lowest BCUT2D eigenvalue weighted by Crippen LogP contribution is -2.50. The molecule has 0 aliphatic carbocycles. The van der Waals surface area contributed by atoms with E-state index in [0.717, 1.165) is 43.9 Å². The van der Waals surface area contributed by atoms with Gasteiger partial charge in [-0.2, -0.15) is 4.98 Å². The van der Waals surface area contributed by atoms with Crippen molar-refractivity contribution in [2.24, 2.45) is 5.92 Å². The fourth-order valence-corrected chi connectivity index (χ4v) is 3.99. The Hall–Kier alpha value is -1.77. The van der Waals surface area contributed by atoms with Gasteiger partial charge in [0.15, 0.2) is 0 Å². The van der Waals surface area contributed by atoms with Gasteiger partial charge >= 0.3 is 0 Å². The minimum absolute atomic E-state index is 0.143. The van der Waals surface area contributed by atoms with E-state index in [4.69, 9.17) is 9.26 Å². The third kappa shape index (κ3) is 3.91. The van der Waals surface area contributed by atoms with Crippen LogP contribution in [0.5, 0.6) is 0 Å². The number of carbonyl (C=O) groups is 1. The summed E-state index contributed by atoms with van der Waals surface area (Å²) in [5.41, 5.74) is 0. The number of hydrogen-bond donors (Lipinski definition) is 0. The van der Waals surface area contributed by atoms with Crippen molar-refractivity contribution >= 4 is 17.2 Å². The highest BCUT2D eigenvalue weighted by Crippen LogP contribution is 2.22. The molecule has 2 aliphatic rings. The second kappa shape index (κ2) is 7.63. The molecular formula is C17H22N4O3S. The summed E-state index contributed by atoms with van der Waals surface area (Å²) in [6.45, 7) is 5.26. The first-order chi connectivity index (χ1) is 12.3. The maximum absolute atomic E-state index is 12.6. The SMILES string of the molecule is O=C(C1CCOCC1)N1CCN(Cc2nc(-c3cccs3)no2)CC1. The molecule has 2 aromatic heterocycles. The molecule has 0 atom stereocenters. The largest absolute Gasteiger partial charge is 0.381 e. The molecule has 1 amide bonds. The average Bonchev–Trinajstić information content (AvgIpc) is 3.34. The molecule has 7 nitrogen and oxygen atoms in total. The molecule has 2 aliphatic heterocycles. The Morgan fingerprint density at radius 3 is 2.76 bits per heavy atom. The Bertz CT molecular complexity index is 689. The van der Waals surface area contributed by atoms with E-state index in [9.17, 15) is 4.79 Å². The molecule has 0 bridgehead atoms. The fourth-order valence-electron chi connectivity index (χ4n) is 3.35. The van der Waals surface area contributed by atoms with Crippen molar-refractivity contribution in [3.8, 4) is 10.7 Å². The third-order valence-electron chi connectivity index (χ3n) is 4.82. The lowest BCUT2D eigenvalue weighted by Gasteiger charge is -2.36. The van der Waals surface area contributed by atoms with Gasteiger partial charge in [-0.1, -0.05) is 11.2 Å². The summed E-state index contributed by atoms with van der Waals surface area (Å²) < 4.78 is 10.7. The van der Waals surface area contributed by atoms with Crippen LogP contribution in [-0.2, 0) is 16.1 Å². The predicted octanol–water partition coefficient (Wildman–Crippen LogP) is 1.87. The van der Waals surface area contributed by atoms with Crippen LogP contribution < -0.4 is 0 Å². The molecule has 2 aromatic rings. The number of hydrogen-bond acceptors (Lipinski definition) is 7. The minimum Gasteiger partial charge on any atom is -0.381 e. The number of thiophene rings is 1. The first-order valence-corrected chi connectivity index (χ1v) is 9.63. The molecule has 8 heteroatoms. The molecule has 4 rings (SSSR count). The normalized spacial score (nSPS) is 20.1. The van der Waals surface area contributed by atoms with Gasteiger partial charge < -0.3 is 14.2 Å². The van der Waals surface area contributed by atoms with Crippen LogP contribution >= 0.6 is 11.3 Å². The van der Waals surface area contributed by atoms with Gasteiger partial charge in [0.05, 0.1) is 11.4 Å². The number of carbonyl (C=O) groups excluding carboxylic acids is 1. The number of piperazine rings is 1. The van der Waals surface area contributed by atoms with E-state index < -0.39 is 0 Å². The monoisotopic (exact) mass is 362 g/mol. The lowest BCUT2D eigenvalue weighted by atomic mass is 9.98.